The van der Waals surface area contributed by atoms with Crippen LogP contribution in [0.2, 0.25) is 0 Å². The Morgan fingerprint density at radius 3 is 2.75 bits per heavy atom. The lowest BCUT2D eigenvalue weighted by atomic mass is 10.2. The highest BCUT2D eigenvalue weighted by Crippen LogP contribution is 2.19. The van der Waals surface area contributed by atoms with E-state index in [4.69, 9.17) is 0 Å². The first-order chi connectivity index (χ1) is 9.63. The topological polar surface area (TPSA) is 46.9 Å². The maximum absolute atomic E-state index is 13.3. The van der Waals surface area contributed by atoms with Gasteiger partial charge in [-0.25, -0.2) is 13.8 Å². The molecule has 20 heavy (non-hydrogen) atoms. The van der Waals surface area contributed by atoms with Gasteiger partial charge in [0.1, 0.15) is 6.54 Å². The van der Waals surface area contributed by atoms with Crippen molar-refractivity contribution in [1.29, 1.82) is 0 Å². The average molecular weight is 279 g/mol. The van der Waals surface area contributed by atoms with Crippen LogP contribution in [0.25, 0.3) is 11.0 Å². The predicted molar refractivity (Wildman–Crippen MR) is 70.0 cm³/mol. The molecule has 0 radical (unpaired) electrons. The van der Waals surface area contributed by atoms with Crippen LogP contribution in [-0.4, -0.2) is 21.5 Å². The van der Waals surface area contributed by atoms with Crippen molar-refractivity contribution in [3.8, 4) is 0 Å². The third-order valence-corrected chi connectivity index (χ3v) is 3.70. The monoisotopic (exact) mass is 279 g/mol. The Bertz CT molecular complexity index is 647. The molecular weight excluding hydrogens is 264 g/mol. The van der Waals surface area contributed by atoms with Crippen LogP contribution in [-0.2, 0) is 11.3 Å². The van der Waals surface area contributed by atoms with Crippen molar-refractivity contribution in [2.45, 2.75) is 38.3 Å². The van der Waals surface area contributed by atoms with Gasteiger partial charge in [0, 0.05) is 18.2 Å². The lowest BCUT2D eigenvalue weighted by Gasteiger charge is -2.12. The Morgan fingerprint density at radius 1 is 1.30 bits per heavy atom. The lowest BCUT2D eigenvalue weighted by molar-refractivity contribution is -0.122. The third kappa shape index (κ3) is 2.50. The predicted octanol–water partition coefficient (Wildman–Crippen LogP) is 2.37. The van der Waals surface area contributed by atoms with E-state index in [0.29, 0.717) is 11.0 Å². The molecule has 1 N–H and O–H groups in total. The van der Waals surface area contributed by atoms with E-state index in [1.54, 1.807) is 0 Å². The fraction of sp³-hybridized carbons (Fsp3) is 0.429. The van der Waals surface area contributed by atoms with Crippen LogP contribution in [0.5, 0.6) is 0 Å². The van der Waals surface area contributed by atoms with E-state index < -0.39 is 11.6 Å². The second-order valence-electron chi connectivity index (χ2n) is 5.18. The number of nitrogens with zero attached hydrogens (tertiary/aromatic N) is 2. The summed E-state index contributed by atoms with van der Waals surface area (Å²) in [6.45, 7) is 0.0675. The summed E-state index contributed by atoms with van der Waals surface area (Å²) in [4.78, 5) is 15.9. The summed E-state index contributed by atoms with van der Waals surface area (Å²) in [6.07, 6.45) is 5.73. The van der Waals surface area contributed by atoms with Crippen molar-refractivity contribution in [3.63, 3.8) is 0 Å². The Kier molecular flexibility index (Phi) is 3.38. The number of benzene rings is 1. The number of carbonyl (C=O) groups is 1. The van der Waals surface area contributed by atoms with Gasteiger partial charge in [-0.15, -0.1) is 0 Å². The molecule has 4 nitrogen and oxygen atoms in total. The minimum Gasteiger partial charge on any atom is -0.352 e. The molecule has 1 aromatic carbocycles. The molecule has 6 heteroatoms. The average Bonchev–Trinajstić information content (AvgIpc) is 3.02. The van der Waals surface area contributed by atoms with Gasteiger partial charge in [0.05, 0.1) is 17.4 Å². The molecule has 1 heterocycles. The van der Waals surface area contributed by atoms with Gasteiger partial charge in [-0.2, -0.15) is 0 Å². The van der Waals surface area contributed by atoms with Crippen LogP contribution >= 0.6 is 0 Å². The van der Waals surface area contributed by atoms with Gasteiger partial charge >= 0.3 is 0 Å². The SMILES string of the molecule is O=C(Cn1cnc2cc(F)c(F)cc21)NC1CCCC1. The number of imidazole rings is 1. The number of hydrogen-bond donors (Lipinski definition) is 1. The first-order valence-corrected chi connectivity index (χ1v) is 6.73. The summed E-state index contributed by atoms with van der Waals surface area (Å²) in [7, 11) is 0. The molecule has 1 fully saturated rings. The van der Waals surface area contributed by atoms with E-state index >= 15 is 0 Å². The van der Waals surface area contributed by atoms with Gasteiger partial charge < -0.3 is 9.88 Å². The smallest absolute Gasteiger partial charge is 0.240 e. The molecule has 0 unspecified atom stereocenters. The summed E-state index contributed by atoms with van der Waals surface area (Å²) in [6, 6.07) is 2.35. The molecule has 0 bridgehead atoms. The number of amides is 1. The minimum atomic E-state index is -0.935. The zero-order valence-electron chi connectivity index (χ0n) is 10.9. The van der Waals surface area contributed by atoms with Crippen LogP contribution in [0.15, 0.2) is 18.5 Å². The molecule has 3 rings (SSSR count). The Balaban J connectivity index is 1.76. The maximum atomic E-state index is 13.3. The molecule has 106 valence electrons. The highest BCUT2D eigenvalue weighted by atomic mass is 19.2. The Labute approximate surface area is 114 Å². The molecule has 0 spiro atoms. The zero-order chi connectivity index (χ0) is 14.1. The fourth-order valence-electron chi connectivity index (χ4n) is 2.68. The van der Waals surface area contributed by atoms with Gasteiger partial charge in [0.25, 0.3) is 0 Å². The van der Waals surface area contributed by atoms with Crippen LogP contribution < -0.4 is 5.32 Å². The van der Waals surface area contributed by atoms with Crippen LogP contribution in [0.3, 0.4) is 0 Å². The molecule has 0 saturated heterocycles. The molecule has 1 aromatic heterocycles. The summed E-state index contributed by atoms with van der Waals surface area (Å²) < 4.78 is 27.9. The van der Waals surface area contributed by atoms with Crippen LogP contribution in [0, 0.1) is 11.6 Å². The standard InChI is InChI=1S/C14H15F2N3O/c15-10-5-12-13(6-11(10)16)19(8-17-12)7-14(20)18-9-3-1-2-4-9/h5-6,8-9H,1-4,7H2,(H,18,20). The van der Waals surface area contributed by atoms with Gasteiger partial charge in [-0.3, -0.25) is 4.79 Å². The minimum absolute atomic E-state index is 0.0675. The Hall–Kier alpha value is -1.98. The zero-order valence-corrected chi connectivity index (χ0v) is 10.9. The van der Waals surface area contributed by atoms with E-state index in [9.17, 15) is 13.6 Å². The molecule has 2 aromatic rings. The van der Waals surface area contributed by atoms with Crippen molar-refractivity contribution in [3.05, 3.63) is 30.1 Å². The van der Waals surface area contributed by atoms with E-state index in [1.807, 2.05) is 0 Å². The van der Waals surface area contributed by atoms with Crippen molar-refractivity contribution in [2.24, 2.45) is 0 Å². The van der Waals surface area contributed by atoms with Crippen molar-refractivity contribution >= 4 is 16.9 Å². The van der Waals surface area contributed by atoms with Gasteiger partial charge in [0.15, 0.2) is 11.6 Å². The number of aromatic nitrogens is 2. The number of rotatable bonds is 3. The summed E-state index contributed by atoms with van der Waals surface area (Å²) >= 11 is 0. The number of hydrogen-bond acceptors (Lipinski definition) is 2. The van der Waals surface area contributed by atoms with E-state index in [-0.39, 0.29) is 18.5 Å². The molecule has 0 atom stereocenters. The van der Waals surface area contributed by atoms with Gasteiger partial charge in [-0.05, 0) is 12.8 Å². The third-order valence-electron chi connectivity index (χ3n) is 3.70. The quantitative estimate of drug-likeness (QED) is 0.937. The summed E-state index contributed by atoms with van der Waals surface area (Å²) in [5, 5.41) is 2.95. The first kappa shape index (κ1) is 13.0. The van der Waals surface area contributed by atoms with Crippen molar-refractivity contribution in [1.82, 2.24) is 14.9 Å². The molecular formula is C14H15F2N3O. The maximum Gasteiger partial charge on any atom is 0.240 e. The number of fused-ring (bicyclic) bond motifs is 1. The highest BCUT2D eigenvalue weighted by molar-refractivity contribution is 5.80. The normalized spacial score (nSPS) is 15.9. The number of carbonyl (C=O) groups excluding carboxylic acids is 1. The Morgan fingerprint density at radius 2 is 2.00 bits per heavy atom. The largest absolute Gasteiger partial charge is 0.352 e. The number of nitrogens with one attached hydrogen (secondary N) is 1. The highest BCUT2D eigenvalue weighted by Gasteiger charge is 2.18. The summed E-state index contributed by atoms with van der Waals surface area (Å²) in [5.41, 5.74) is 0.767. The van der Waals surface area contributed by atoms with E-state index in [1.165, 1.54) is 10.9 Å². The molecule has 1 amide bonds. The van der Waals surface area contributed by atoms with E-state index in [2.05, 4.69) is 10.3 Å². The van der Waals surface area contributed by atoms with Crippen molar-refractivity contribution in [2.75, 3.05) is 0 Å². The molecule has 1 saturated carbocycles. The van der Waals surface area contributed by atoms with Gasteiger partial charge in [-0.1, -0.05) is 12.8 Å². The first-order valence-electron chi connectivity index (χ1n) is 6.73. The second kappa shape index (κ2) is 5.19. The molecule has 1 aliphatic rings. The van der Waals surface area contributed by atoms with Crippen LogP contribution in [0.4, 0.5) is 8.78 Å². The molecule has 1 aliphatic carbocycles. The van der Waals surface area contributed by atoms with Crippen LogP contribution in [0.1, 0.15) is 25.7 Å². The number of halogens is 2. The fourth-order valence-corrected chi connectivity index (χ4v) is 2.68. The van der Waals surface area contributed by atoms with Crippen molar-refractivity contribution < 1.29 is 13.6 Å². The molecule has 0 aliphatic heterocycles. The van der Waals surface area contributed by atoms with Gasteiger partial charge in [0.2, 0.25) is 5.91 Å². The summed E-state index contributed by atoms with van der Waals surface area (Å²) in [5.74, 6) is -1.99. The van der Waals surface area contributed by atoms with E-state index in [0.717, 1.165) is 37.8 Å². The lowest BCUT2D eigenvalue weighted by Crippen LogP contribution is -2.35. The second-order valence-corrected chi connectivity index (χ2v) is 5.18.